The molecule has 0 spiro atoms. The second-order valence-corrected chi connectivity index (χ2v) is 4.65. The van der Waals surface area contributed by atoms with Crippen molar-refractivity contribution in [3.63, 3.8) is 0 Å². The van der Waals surface area contributed by atoms with Gasteiger partial charge in [-0.1, -0.05) is 39.0 Å². The van der Waals surface area contributed by atoms with Crippen molar-refractivity contribution in [3.8, 4) is 0 Å². The molecule has 0 saturated heterocycles. The molecule has 96 valence electrons. The summed E-state index contributed by atoms with van der Waals surface area (Å²) in [6.45, 7) is 5.16. The number of hydrogen-bond acceptors (Lipinski definition) is 1. The molecule has 0 aromatic heterocycles. The molecule has 0 aliphatic rings. The maximum Gasteiger partial charge on any atom is 0.123 e. The highest BCUT2D eigenvalue weighted by Crippen LogP contribution is 2.15. The van der Waals surface area contributed by atoms with Crippen LogP contribution >= 0.6 is 0 Å². The zero-order chi connectivity index (χ0) is 12.5. The van der Waals surface area contributed by atoms with Crippen LogP contribution in [0, 0.1) is 12.7 Å². The number of nitrogens with one attached hydrogen (secondary N) is 1. The topological polar surface area (TPSA) is 12.0 Å². The van der Waals surface area contributed by atoms with E-state index in [1.54, 1.807) is 6.07 Å². The summed E-state index contributed by atoms with van der Waals surface area (Å²) in [6.07, 6.45) is 7.81. The number of unbranched alkanes of at least 4 members (excludes halogenated alkanes) is 5. The average Bonchev–Trinajstić information content (AvgIpc) is 2.30. The van der Waals surface area contributed by atoms with Crippen molar-refractivity contribution in [2.24, 2.45) is 0 Å². The first-order chi connectivity index (χ1) is 8.24. The summed E-state index contributed by atoms with van der Waals surface area (Å²) in [5.74, 6) is -0.160. The summed E-state index contributed by atoms with van der Waals surface area (Å²) in [5, 5.41) is 3.36. The lowest BCUT2D eigenvalue weighted by molar-refractivity contribution is 0.616. The lowest BCUT2D eigenvalue weighted by Crippen LogP contribution is -2.03. The van der Waals surface area contributed by atoms with E-state index in [1.165, 1.54) is 44.6 Å². The lowest BCUT2D eigenvalue weighted by Gasteiger charge is -2.09. The van der Waals surface area contributed by atoms with Crippen LogP contribution in [0.3, 0.4) is 0 Å². The summed E-state index contributed by atoms with van der Waals surface area (Å²) >= 11 is 0. The van der Waals surface area contributed by atoms with Crippen LogP contribution in [0.5, 0.6) is 0 Å². The predicted molar refractivity (Wildman–Crippen MR) is 73.0 cm³/mol. The molecular weight excluding hydrogens is 213 g/mol. The van der Waals surface area contributed by atoms with Gasteiger partial charge in [0.25, 0.3) is 0 Å². The Morgan fingerprint density at radius 1 is 1.06 bits per heavy atom. The molecule has 0 atom stereocenters. The Morgan fingerprint density at radius 3 is 2.47 bits per heavy atom. The number of halogens is 1. The fourth-order valence-corrected chi connectivity index (χ4v) is 1.95. The molecule has 1 N–H and O–H groups in total. The van der Waals surface area contributed by atoms with E-state index in [4.69, 9.17) is 0 Å². The number of hydrogen-bond donors (Lipinski definition) is 1. The van der Waals surface area contributed by atoms with E-state index in [0.29, 0.717) is 0 Å². The van der Waals surface area contributed by atoms with Crippen LogP contribution < -0.4 is 5.32 Å². The number of rotatable bonds is 8. The van der Waals surface area contributed by atoms with Gasteiger partial charge in [0, 0.05) is 12.2 Å². The van der Waals surface area contributed by atoms with Gasteiger partial charge in [-0.05, 0) is 37.1 Å². The molecule has 1 aromatic carbocycles. The van der Waals surface area contributed by atoms with E-state index in [1.807, 2.05) is 13.0 Å². The molecule has 0 radical (unpaired) electrons. The molecule has 0 amide bonds. The minimum absolute atomic E-state index is 0.160. The Balaban J connectivity index is 2.14. The van der Waals surface area contributed by atoms with Crippen LogP contribution in [0.15, 0.2) is 18.2 Å². The zero-order valence-corrected chi connectivity index (χ0v) is 11.1. The van der Waals surface area contributed by atoms with Crippen molar-refractivity contribution < 1.29 is 4.39 Å². The molecule has 0 aliphatic heterocycles. The summed E-state index contributed by atoms with van der Waals surface area (Å²) in [6, 6.07) is 4.90. The van der Waals surface area contributed by atoms with Crippen LogP contribution in [0.2, 0.25) is 0 Å². The molecule has 1 rings (SSSR count). The fourth-order valence-electron chi connectivity index (χ4n) is 1.95. The quantitative estimate of drug-likeness (QED) is 0.634. The van der Waals surface area contributed by atoms with Gasteiger partial charge in [-0.3, -0.25) is 0 Å². The molecular formula is C15H24FN. The van der Waals surface area contributed by atoms with Crippen molar-refractivity contribution >= 4 is 5.69 Å². The molecule has 0 unspecified atom stereocenters. The van der Waals surface area contributed by atoms with Crippen LogP contribution in [-0.2, 0) is 0 Å². The SMILES string of the molecule is CCCCCCCCNc1ccc(F)cc1C. The highest BCUT2D eigenvalue weighted by atomic mass is 19.1. The molecule has 1 nitrogen and oxygen atoms in total. The Kier molecular flexibility index (Phi) is 6.68. The van der Waals surface area contributed by atoms with Gasteiger partial charge >= 0.3 is 0 Å². The van der Waals surface area contributed by atoms with Crippen molar-refractivity contribution in [2.75, 3.05) is 11.9 Å². The summed E-state index contributed by atoms with van der Waals surface area (Å²) in [5.41, 5.74) is 2.04. The maximum absolute atomic E-state index is 12.9. The summed E-state index contributed by atoms with van der Waals surface area (Å²) in [4.78, 5) is 0. The number of benzene rings is 1. The van der Waals surface area contributed by atoms with Crippen LogP contribution in [0.4, 0.5) is 10.1 Å². The van der Waals surface area contributed by atoms with Crippen molar-refractivity contribution in [3.05, 3.63) is 29.6 Å². The third kappa shape index (κ3) is 5.71. The van der Waals surface area contributed by atoms with Crippen LogP contribution in [0.1, 0.15) is 51.0 Å². The maximum atomic E-state index is 12.9. The van der Waals surface area contributed by atoms with E-state index in [9.17, 15) is 4.39 Å². The summed E-state index contributed by atoms with van der Waals surface area (Å²) in [7, 11) is 0. The first-order valence-electron chi connectivity index (χ1n) is 6.74. The molecule has 0 fully saturated rings. The third-order valence-electron chi connectivity index (χ3n) is 3.03. The van der Waals surface area contributed by atoms with Gasteiger partial charge in [0.15, 0.2) is 0 Å². The molecule has 0 bridgehead atoms. The van der Waals surface area contributed by atoms with Gasteiger partial charge in [0.1, 0.15) is 5.82 Å². The smallest absolute Gasteiger partial charge is 0.123 e. The predicted octanol–water partition coefficient (Wildman–Crippen LogP) is 4.91. The Bertz CT molecular complexity index is 323. The van der Waals surface area contributed by atoms with Gasteiger partial charge < -0.3 is 5.32 Å². The van der Waals surface area contributed by atoms with Crippen molar-refractivity contribution in [2.45, 2.75) is 52.4 Å². The first kappa shape index (κ1) is 14.0. The number of aryl methyl sites for hydroxylation is 1. The molecule has 0 saturated carbocycles. The second kappa shape index (κ2) is 8.10. The Labute approximate surface area is 104 Å². The minimum Gasteiger partial charge on any atom is -0.385 e. The molecule has 0 heterocycles. The van der Waals surface area contributed by atoms with E-state index in [0.717, 1.165) is 17.8 Å². The van der Waals surface area contributed by atoms with Crippen LogP contribution in [0.25, 0.3) is 0 Å². The van der Waals surface area contributed by atoms with Crippen LogP contribution in [-0.4, -0.2) is 6.54 Å². The Morgan fingerprint density at radius 2 is 1.76 bits per heavy atom. The lowest BCUT2D eigenvalue weighted by atomic mass is 10.1. The van der Waals surface area contributed by atoms with Gasteiger partial charge in [0.2, 0.25) is 0 Å². The van der Waals surface area contributed by atoms with Crippen molar-refractivity contribution in [1.29, 1.82) is 0 Å². The monoisotopic (exact) mass is 237 g/mol. The molecule has 1 aromatic rings. The summed E-state index contributed by atoms with van der Waals surface area (Å²) < 4.78 is 12.9. The van der Waals surface area contributed by atoms with E-state index >= 15 is 0 Å². The first-order valence-corrected chi connectivity index (χ1v) is 6.74. The normalized spacial score (nSPS) is 10.5. The Hall–Kier alpha value is -1.05. The third-order valence-corrected chi connectivity index (χ3v) is 3.03. The van der Waals surface area contributed by atoms with Gasteiger partial charge in [-0.15, -0.1) is 0 Å². The number of anilines is 1. The van der Waals surface area contributed by atoms with Crippen molar-refractivity contribution in [1.82, 2.24) is 0 Å². The van der Waals surface area contributed by atoms with Gasteiger partial charge in [-0.25, -0.2) is 4.39 Å². The largest absolute Gasteiger partial charge is 0.385 e. The molecule has 0 aliphatic carbocycles. The van der Waals surface area contributed by atoms with E-state index < -0.39 is 0 Å². The van der Waals surface area contributed by atoms with E-state index in [2.05, 4.69) is 12.2 Å². The minimum atomic E-state index is -0.160. The fraction of sp³-hybridized carbons (Fsp3) is 0.600. The highest BCUT2D eigenvalue weighted by molar-refractivity contribution is 5.50. The van der Waals surface area contributed by atoms with Gasteiger partial charge in [0.05, 0.1) is 0 Å². The molecule has 2 heteroatoms. The van der Waals surface area contributed by atoms with E-state index in [-0.39, 0.29) is 5.82 Å². The highest BCUT2D eigenvalue weighted by Gasteiger charge is 1.98. The standard InChI is InChI=1S/C15H24FN/c1-3-4-5-6-7-8-11-17-15-10-9-14(16)12-13(15)2/h9-10,12,17H,3-8,11H2,1-2H3. The van der Waals surface area contributed by atoms with Gasteiger partial charge in [-0.2, -0.15) is 0 Å². The molecule has 17 heavy (non-hydrogen) atoms. The zero-order valence-electron chi connectivity index (χ0n) is 11.1. The average molecular weight is 237 g/mol. The second-order valence-electron chi connectivity index (χ2n) is 4.65.